The molecule has 2 amide bonds. The van der Waals surface area contributed by atoms with Gasteiger partial charge in [0.05, 0.1) is 6.10 Å². The lowest BCUT2D eigenvalue weighted by atomic mass is 9.87. The van der Waals surface area contributed by atoms with E-state index in [-0.39, 0.29) is 23.3 Å². The number of hydrogen-bond acceptors (Lipinski definition) is 4. The van der Waals surface area contributed by atoms with Crippen molar-refractivity contribution >= 4 is 17.5 Å². The van der Waals surface area contributed by atoms with Crippen LogP contribution in [0.3, 0.4) is 0 Å². The van der Waals surface area contributed by atoms with Gasteiger partial charge in [0.25, 0.3) is 11.8 Å². The minimum Gasteiger partial charge on any atom is -0.481 e. The first kappa shape index (κ1) is 22.8. The molecule has 31 heavy (non-hydrogen) atoms. The van der Waals surface area contributed by atoms with Gasteiger partial charge in [-0.3, -0.25) is 9.59 Å². The molecule has 1 heterocycles. The molecular formula is C25H32N2O4. The molecule has 6 heteroatoms. The number of rotatable bonds is 7. The van der Waals surface area contributed by atoms with Crippen molar-refractivity contribution in [2.45, 2.75) is 58.2 Å². The highest BCUT2D eigenvalue weighted by Gasteiger charge is 2.18. The van der Waals surface area contributed by atoms with Crippen molar-refractivity contribution in [3.63, 3.8) is 0 Å². The van der Waals surface area contributed by atoms with Gasteiger partial charge < -0.3 is 20.1 Å². The summed E-state index contributed by atoms with van der Waals surface area (Å²) in [6.45, 7) is 9.44. The van der Waals surface area contributed by atoms with Crippen LogP contribution >= 0.6 is 0 Å². The van der Waals surface area contributed by atoms with Gasteiger partial charge in [-0.2, -0.15) is 0 Å². The standard InChI is InChI=1S/C25H32N2O4/c1-17(31-21-13-9-19(10-14-21)25(2,3)4)23(28)27-20-11-7-18(8-12-20)24(29)26-16-22-6-5-15-30-22/h7-14,17,22H,5-6,15-16H2,1-4H3,(H,26,29)(H,27,28). The summed E-state index contributed by atoms with van der Waals surface area (Å²) in [4.78, 5) is 24.7. The molecule has 0 spiro atoms. The third-order valence-electron chi connectivity index (χ3n) is 5.33. The van der Waals surface area contributed by atoms with Crippen LogP contribution in [0.1, 0.15) is 56.5 Å². The molecule has 6 nitrogen and oxygen atoms in total. The van der Waals surface area contributed by atoms with Crippen molar-refractivity contribution in [3.8, 4) is 5.75 Å². The van der Waals surface area contributed by atoms with E-state index >= 15 is 0 Å². The Labute approximate surface area is 184 Å². The van der Waals surface area contributed by atoms with Gasteiger partial charge in [0.2, 0.25) is 0 Å². The fourth-order valence-electron chi connectivity index (χ4n) is 3.35. The maximum atomic E-state index is 12.5. The largest absolute Gasteiger partial charge is 0.481 e. The van der Waals surface area contributed by atoms with Crippen molar-refractivity contribution < 1.29 is 19.1 Å². The molecule has 166 valence electrons. The molecule has 2 aromatic rings. The van der Waals surface area contributed by atoms with E-state index in [4.69, 9.17) is 9.47 Å². The third kappa shape index (κ3) is 6.56. The van der Waals surface area contributed by atoms with E-state index < -0.39 is 6.10 Å². The van der Waals surface area contributed by atoms with E-state index in [1.165, 1.54) is 5.56 Å². The van der Waals surface area contributed by atoms with Crippen LogP contribution in [0.5, 0.6) is 5.75 Å². The number of carbonyl (C=O) groups is 2. The quantitative estimate of drug-likeness (QED) is 0.695. The number of amides is 2. The fraction of sp³-hybridized carbons (Fsp3) is 0.440. The van der Waals surface area contributed by atoms with Crippen molar-refractivity contribution in [1.82, 2.24) is 5.32 Å². The molecule has 1 fully saturated rings. The van der Waals surface area contributed by atoms with E-state index in [1.54, 1.807) is 31.2 Å². The molecule has 0 radical (unpaired) electrons. The third-order valence-corrected chi connectivity index (χ3v) is 5.33. The summed E-state index contributed by atoms with van der Waals surface area (Å²) < 4.78 is 11.3. The smallest absolute Gasteiger partial charge is 0.265 e. The second kappa shape index (κ2) is 9.96. The van der Waals surface area contributed by atoms with Gasteiger partial charge in [0.15, 0.2) is 6.10 Å². The number of ether oxygens (including phenoxy) is 2. The number of nitrogens with one attached hydrogen (secondary N) is 2. The lowest BCUT2D eigenvalue weighted by molar-refractivity contribution is -0.122. The van der Waals surface area contributed by atoms with Crippen LogP contribution in [0, 0.1) is 0 Å². The minimum atomic E-state index is -0.658. The molecule has 1 aliphatic rings. The maximum Gasteiger partial charge on any atom is 0.265 e. The molecule has 2 aromatic carbocycles. The number of carbonyl (C=O) groups excluding carboxylic acids is 2. The van der Waals surface area contributed by atoms with Gasteiger partial charge in [0.1, 0.15) is 5.75 Å². The number of anilines is 1. The van der Waals surface area contributed by atoms with Crippen molar-refractivity contribution in [1.29, 1.82) is 0 Å². The van der Waals surface area contributed by atoms with E-state index in [2.05, 4.69) is 31.4 Å². The Morgan fingerprint density at radius 3 is 2.35 bits per heavy atom. The fourth-order valence-corrected chi connectivity index (χ4v) is 3.35. The Morgan fingerprint density at radius 2 is 1.77 bits per heavy atom. The van der Waals surface area contributed by atoms with Crippen LogP contribution in [0.25, 0.3) is 0 Å². The molecule has 0 bridgehead atoms. The molecule has 3 rings (SSSR count). The Kier molecular flexibility index (Phi) is 7.33. The summed E-state index contributed by atoms with van der Waals surface area (Å²) in [6, 6.07) is 14.6. The second-order valence-electron chi connectivity index (χ2n) is 8.95. The van der Waals surface area contributed by atoms with Gasteiger partial charge in [-0.15, -0.1) is 0 Å². The molecule has 0 aromatic heterocycles. The first-order valence-electron chi connectivity index (χ1n) is 10.8. The van der Waals surface area contributed by atoms with Gasteiger partial charge >= 0.3 is 0 Å². The van der Waals surface area contributed by atoms with Crippen LogP contribution < -0.4 is 15.4 Å². The molecule has 0 aliphatic carbocycles. The Balaban J connectivity index is 1.49. The van der Waals surface area contributed by atoms with Crippen molar-refractivity contribution in [2.75, 3.05) is 18.5 Å². The molecule has 2 atom stereocenters. The predicted molar refractivity (Wildman–Crippen MR) is 122 cm³/mol. The summed E-state index contributed by atoms with van der Waals surface area (Å²) in [7, 11) is 0. The van der Waals surface area contributed by atoms with Crippen LogP contribution in [0.4, 0.5) is 5.69 Å². The van der Waals surface area contributed by atoms with E-state index in [1.807, 2.05) is 24.3 Å². The van der Waals surface area contributed by atoms with Crippen LogP contribution in [0.2, 0.25) is 0 Å². The Morgan fingerprint density at radius 1 is 1.10 bits per heavy atom. The molecular weight excluding hydrogens is 392 g/mol. The average Bonchev–Trinajstić information content (AvgIpc) is 3.26. The summed E-state index contributed by atoms with van der Waals surface area (Å²) in [5.74, 6) is 0.244. The van der Waals surface area contributed by atoms with Crippen molar-refractivity contribution in [2.24, 2.45) is 0 Å². The molecule has 1 aliphatic heterocycles. The summed E-state index contributed by atoms with van der Waals surface area (Å²) in [5.41, 5.74) is 2.42. The average molecular weight is 425 g/mol. The Bertz CT molecular complexity index is 879. The Hall–Kier alpha value is -2.86. The van der Waals surface area contributed by atoms with Gasteiger partial charge in [-0.05, 0) is 67.1 Å². The topological polar surface area (TPSA) is 76.7 Å². The van der Waals surface area contributed by atoms with E-state index in [0.29, 0.717) is 23.5 Å². The first-order chi connectivity index (χ1) is 14.7. The molecule has 1 saturated heterocycles. The normalized spacial score (nSPS) is 17.1. The van der Waals surface area contributed by atoms with Crippen LogP contribution in [-0.4, -0.2) is 37.2 Å². The highest BCUT2D eigenvalue weighted by atomic mass is 16.5. The number of hydrogen-bond donors (Lipinski definition) is 2. The van der Waals surface area contributed by atoms with Gasteiger partial charge in [-0.1, -0.05) is 32.9 Å². The second-order valence-corrected chi connectivity index (χ2v) is 8.95. The van der Waals surface area contributed by atoms with E-state index in [0.717, 1.165) is 19.4 Å². The highest BCUT2D eigenvalue weighted by Crippen LogP contribution is 2.24. The number of benzene rings is 2. The van der Waals surface area contributed by atoms with Crippen LogP contribution in [0.15, 0.2) is 48.5 Å². The van der Waals surface area contributed by atoms with Gasteiger partial charge in [0, 0.05) is 24.4 Å². The SMILES string of the molecule is CC(Oc1ccc(C(C)(C)C)cc1)C(=O)Nc1ccc(C(=O)NCC2CCCO2)cc1. The first-order valence-corrected chi connectivity index (χ1v) is 10.8. The monoisotopic (exact) mass is 424 g/mol. The van der Waals surface area contributed by atoms with Crippen molar-refractivity contribution in [3.05, 3.63) is 59.7 Å². The predicted octanol–water partition coefficient (Wildman–Crippen LogP) is 4.30. The zero-order valence-electron chi connectivity index (χ0n) is 18.7. The maximum absolute atomic E-state index is 12.5. The zero-order chi connectivity index (χ0) is 22.4. The zero-order valence-corrected chi connectivity index (χ0v) is 18.7. The van der Waals surface area contributed by atoms with E-state index in [9.17, 15) is 9.59 Å². The summed E-state index contributed by atoms with van der Waals surface area (Å²) >= 11 is 0. The lowest BCUT2D eigenvalue weighted by Gasteiger charge is -2.20. The van der Waals surface area contributed by atoms with Crippen LogP contribution in [-0.2, 0) is 14.9 Å². The molecule has 0 saturated carbocycles. The lowest BCUT2D eigenvalue weighted by Crippen LogP contribution is -2.32. The molecule has 2 N–H and O–H groups in total. The molecule has 2 unspecified atom stereocenters. The minimum absolute atomic E-state index is 0.0644. The summed E-state index contributed by atoms with van der Waals surface area (Å²) in [5, 5.41) is 5.71. The highest BCUT2D eigenvalue weighted by molar-refractivity contribution is 5.96. The van der Waals surface area contributed by atoms with Gasteiger partial charge in [-0.25, -0.2) is 0 Å². The summed E-state index contributed by atoms with van der Waals surface area (Å²) in [6.07, 6.45) is 1.47.